The van der Waals surface area contributed by atoms with Crippen molar-refractivity contribution in [3.63, 3.8) is 0 Å². The molecule has 1 aromatic rings. The van der Waals surface area contributed by atoms with Crippen molar-refractivity contribution < 1.29 is 48.6 Å². The number of nitrogens with zero attached hydrogens (tertiary/aromatic N) is 3. The van der Waals surface area contributed by atoms with E-state index >= 15 is 0 Å². The van der Waals surface area contributed by atoms with Gasteiger partial charge in [0, 0.05) is 32.6 Å². The van der Waals surface area contributed by atoms with Gasteiger partial charge in [-0.3, -0.25) is 43.5 Å². The third-order valence-corrected chi connectivity index (χ3v) is 12.0. The lowest BCUT2D eigenvalue weighted by atomic mass is 10.0. The van der Waals surface area contributed by atoms with Crippen molar-refractivity contribution in [1.29, 1.82) is 0 Å². The molecule has 0 aromatic heterocycles. The summed E-state index contributed by atoms with van der Waals surface area (Å²) in [6.45, 7) is 5.97. The van der Waals surface area contributed by atoms with Gasteiger partial charge in [0.15, 0.2) is 11.9 Å². The maximum Gasteiger partial charge on any atom is 0.326 e. The zero-order valence-electron chi connectivity index (χ0n) is 42.5. The lowest BCUT2D eigenvalue weighted by molar-refractivity contribution is -0.142. The first-order valence-electron chi connectivity index (χ1n) is 25.0. The molecule has 7 amide bonds. The number of aliphatic imine (C=N–C) groups is 2. The van der Waals surface area contributed by atoms with Crippen LogP contribution in [0.3, 0.4) is 0 Å². The molecule has 1 aliphatic heterocycles. The number of amides is 7. The van der Waals surface area contributed by atoms with Crippen molar-refractivity contribution in [3.05, 3.63) is 29.8 Å². The fraction of sp³-hybridized carbons (Fsp3) is 0.660. The summed E-state index contributed by atoms with van der Waals surface area (Å²) in [6, 6.07) is -3.87. The molecule has 2 rings (SSSR count). The third-order valence-electron chi connectivity index (χ3n) is 12.0. The highest BCUT2D eigenvalue weighted by Gasteiger charge is 2.40. The van der Waals surface area contributed by atoms with E-state index in [0.717, 1.165) is 0 Å². The summed E-state index contributed by atoms with van der Waals surface area (Å²) in [5.41, 5.74) is 40.2. The minimum absolute atomic E-state index is 0.0182. The van der Waals surface area contributed by atoms with Gasteiger partial charge in [-0.1, -0.05) is 45.7 Å². The standard InChI is InChI=1S/C47H82N16O10/c1-4-10-31(39(66)61-35(25-28-16-18-29(64)19-17-28)41(68)62-36(26-49)42(69)60-34(45(72)73)20-15-27(2)3)57-40(67)32(12-7-22-55-46(51)52)58-43(70)37-14-9-24-63(37)44(71)33(13-8-23-56-47(53)54)59-38(65)30(50)11-5-6-21-48/h16-19,27,30-37,64H,4-15,20-26,48-50H2,1-3H3,(H,57,67)(H,58,70)(H,59,65)(H,60,69)(H,61,66)(H,62,68)(H,72,73)(H4,51,52,55)(H4,53,54,56)/t30-,31+,32+,33+,34+,35+,36+,37+/m1/s1. The molecule has 26 heteroatoms. The van der Waals surface area contributed by atoms with Crippen molar-refractivity contribution in [2.75, 3.05) is 32.7 Å². The maximum absolute atomic E-state index is 14.3. The molecular weight excluding hydrogens is 949 g/mol. The maximum atomic E-state index is 14.3. The van der Waals surface area contributed by atoms with Gasteiger partial charge in [0.25, 0.3) is 0 Å². The molecule has 410 valence electrons. The molecule has 1 fully saturated rings. The van der Waals surface area contributed by atoms with Crippen LogP contribution in [-0.2, 0) is 44.8 Å². The Bertz CT molecular complexity index is 2020. The van der Waals surface area contributed by atoms with E-state index in [9.17, 15) is 48.6 Å². The summed E-state index contributed by atoms with van der Waals surface area (Å²) >= 11 is 0. The van der Waals surface area contributed by atoms with E-state index in [2.05, 4.69) is 41.9 Å². The lowest BCUT2D eigenvalue weighted by Gasteiger charge is -2.30. The molecule has 1 saturated heterocycles. The van der Waals surface area contributed by atoms with Crippen molar-refractivity contribution in [2.45, 2.75) is 159 Å². The topological polar surface area (TPSA) is 459 Å². The number of hydrogen-bond acceptors (Lipinski definition) is 14. The average molecular weight is 1030 g/mol. The van der Waals surface area contributed by atoms with Crippen LogP contribution >= 0.6 is 0 Å². The van der Waals surface area contributed by atoms with Gasteiger partial charge < -0.3 is 87.1 Å². The van der Waals surface area contributed by atoms with Gasteiger partial charge in [-0.2, -0.15) is 0 Å². The van der Waals surface area contributed by atoms with Gasteiger partial charge in [0.05, 0.1) is 6.04 Å². The monoisotopic (exact) mass is 1030 g/mol. The number of unbranched alkanes of at least 4 members (excludes halogenated alkanes) is 1. The number of phenolic OH excluding ortho intramolecular Hbond substituents is 1. The molecule has 0 radical (unpaired) electrons. The van der Waals surface area contributed by atoms with Crippen LogP contribution in [0.25, 0.3) is 0 Å². The van der Waals surface area contributed by atoms with E-state index in [4.69, 9.17) is 40.1 Å². The number of phenols is 1. The number of hydrogen-bond donors (Lipinski definition) is 15. The number of aromatic hydroxyl groups is 1. The van der Waals surface area contributed by atoms with E-state index in [0.29, 0.717) is 57.1 Å². The highest BCUT2D eigenvalue weighted by Crippen LogP contribution is 2.21. The molecule has 0 aliphatic carbocycles. The van der Waals surface area contributed by atoms with E-state index in [1.165, 1.54) is 29.2 Å². The summed E-state index contributed by atoms with van der Waals surface area (Å²) in [5, 5.41) is 35.5. The van der Waals surface area contributed by atoms with Crippen LogP contribution in [0.1, 0.15) is 110 Å². The van der Waals surface area contributed by atoms with Crippen LogP contribution in [0.2, 0.25) is 0 Å². The summed E-state index contributed by atoms with van der Waals surface area (Å²) in [5.74, 6) is -6.58. The minimum Gasteiger partial charge on any atom is -0.508 e. The number of aliphatic carboxylic acids is 1. The van der Waals surface area contributed by atoms with Gasteiger partial charge >= 0.3 is 5.97 Å². The molecular formula is C47H82N16O10. The first-order valence-corrected chi connectivity index (χ1v) is 25.0. The second-order valence-corrected chi connectivity index (χ2v) is 18.5. The Kier molecular flexibility index (Phi) is 28.2. The Hall–Kier alpha value is -6.80. The number of likely N-dealkylation sites (tertiary alicyclic amines) is 1. The van der Waals surface area contributed by atoms with Gasteiger partial charge in [-0.05, 0) is 101 Å². The number of nitrogens with one attached hydrogen (secondary N) is 6. The second kappa shape index (κ2) is 33.0. The van der Waals surface area contributed by atoms with Gasteiger partial charge in [-0.25, -0.2) is 4.79 Å². The summed E-state index contributed by atoms with van der Waals surface area (Å²) < 4.78 is 0. The zero-order valence-corrected chi connectivity index (χ0v) is 42.5. The predicted octanol–water partition coefficient (Wildman–Crippen LogP) is -3.32. The van der Waals surface area contributed by atoms with Crippen molar-refractivity contribution >= 4 is 59.2 Å². The van der Waals surface area contributed by atoms with Crippen molar-refractivity contribution in [2.24, 2.45) is 56.0 Å². The number of carbonyl (C=O) groups is 8. The number of carboxylic acid groups (broad SMARTS) is 1. The molecule has 26 nitrogen and oxygen atoms in total. The van der Waals surface area contributed by atoms with E-state index < -0.39 is 102 Å². The molecule has 0 saturated carbocycles. The summed E-state index contributed by atoms with van der Waals surface area (Å²) in [6.07, 6.45) is 3.74. The normalized spacial score (nSPS) is 16.0. The van der Waals surface area contributed by atoms with Crippen molar-refractivity contribution in [3.8, 4) is 5.75 Å². The molecule has 73 heavy (non-hydrogen) atoms. The van der Waals surface area contributed by atoms with E-state index in [-0.39, 0.29) is 88.2 Å². The fourth-order valence-electron chi connectivity index (χ4n) is 7.94. The van der Waals surface area contributed by atoms with E-state index in [1.54, 1.807) is 6.92 Å². The largest absolute Gasteiger partial charge is 0.508 e. The smallest absolute Gasteiger partial charge is 0.326 e. The van der Waals surface area contributed by atoms with Crippen LogP contribution < -0.4 is 72.0 Å². The molecule has 0 bridgehead atoms. The molecule has 0 unspecified atom stereocenters. The molecule has 22 N–H and O–H groups in total. The van der Waals surface area contributed by atoms with Crippen LogP contribution in [0.5, 0.6) is 5.75 Å². The van der Waals surface area contributed by atoms with Crippen molar-refractivity contribution in [1.82, 2.24) is 36.8 Å². The fourth-order valence-corrected chi connectivity index (χ4v) is 7.94. The average Bonchev–Trinajstić information content (AvgIpc) is 3.84. The van der Waals surface area contributed by atoms with Crippen LogP contribution in [0, 0.1) is 5.92 Å². The highest BCUT2D eigenvalue weighted by molar-refractivity contribution is 5.98. The minimum atomic E-state index is -1.40. The number of guanidine groups is 2. The first kappa shape index (κ1) is 62.3. The highest BCUT2D eigenvalue weighted by atomic mass is 16.4. The van der Waals surface area contributed by atoms with Gasteiger partial charge in [0.2, 0.25) is 41.4 Å². The lowest BCUT2D eigenvalue weighted by Crippen LogP contribution is -2.61. The molecule has 1 aromatic carbocycles. The second-order valence-electron chi connectivity index (χ2n) is 18.5. The summed E-state index contributed by atoms with van der Waals surface area (Å²) in [7, 11) is 0. The number of carboxylic acids is 1. The van der Waals surface area contributed by atoms with Gasteiger partial charge in [-0.15, -0.1) is 0 Å². The molecule has 1 aliphatic rings. The Balaban J connectivity index is 2.40. The Morgan fingerprint density at radius 1 is 0.644 bits per heavy atom. The SMILES string of the molecule is CCC[C@H](NC(=O)[C@H](CCCN=C(N)N)NC(=O)[C@@H]1CCCN1C(=O)[C@H](CCCN=C(N)N)NC(=O)[C@H](N)CCCCN)C(=O)N[C@@H](Cc1ccc(O)cc1)C(=O)N[C@@H](CN)C(=O)N[C@@H](CCC(C)C)C(=O)O. The van der Waals surface area contributed by atoms with E-state index in [1.807, 2.05) is 13.8 Å². The third kappa shape index (κ3) is 23.1. The Morgan fingerprint density at radius 2 is 1.16 bits per heavy atom. The summed E-state index contributed by atoms with van der Waals surface area (Å²) in [4.78, 5) is 119. The first-order chi connectivity index (χ1) is 34.6. The number of rotatable bonds is 34. The van der Waals surface area contributed by atoms with Crippen LogP contribution in [0.4, 0.5) is 0 Å². The Labute approximate surface area is 426 Å². The number of nitrogens with two attached hydrogens (primary N) is 7. The predicted molar refractivity (Wildman–Crippen MR) is 275 cm³/mol. The number of benzene rings is 1. The molecule has 0 spiro atoms. The Morgan fingerprint density at radius 3 is 1.71 bits per heavy atom. The van der Waals surface area contributed by atoms with Gasteiger partial charge in [0.1, 0.15) is 48.0 Å². The number of carbonyl (C=O) groups excluding carboxylic acids is 7. The van der Waals surface area contributed by atoms with Crippen LogP contribution in [0.15, 0.2) is 34.3 Å². The molecule has 1 heterocycles. The van der Waals surface area contributed by atoms with Crippen LogP contribution in [-0.4, -0.2) is 155 Å². The quantitative estimate of drug-likeness (QED) is 0.0182. The molecule has 8 atom stereocenters. The zero-order chi connectivity index (χ0) is 54.6.